The number of nitrogens with one attached hydrogen (secondary N) is 2. The highest BCUT2D eigenvalue weighted by molar-refractivity contribution is 6.28. The van der Waals surface area contributed by atoms with E-state index in [1.165, 1.54) is 12.1 Å². The Bertz CT molecular complexity index is 479. The molecule has 19 heavy (non-hydrogen) atoms. The molecule has 9 heteroatoms. The monoisotopic (exact) mass is 296 g/mol. The number of amides is 3. The van der Waals surface area contributed by atoms with E-state index in [4.69, 9.17) is 11.6 Å². The van der Waals surface area contributed by atoms with Gasteiger partial charge < -0.3 is 10.1 Å². The lowest BCUT2D eigenvalue weighted by Gasteiger charge is -2.10. The van der Waals surface area contributed by atoms with Crippen LogP contribution in [0.4, 0.5) is 23.7 Å². The van der Waals surface area contributed by atoms with Crippen LogP contribution in [-0.4, -0.2) is 24.2 Å². The Hall–Kier alpha value is -1.96. The first-order valence-corrected chi connectivity index (χ1v) is 5.36. The second kappa shape index (κ2) is 6.28. The van der Waals surface area contributed by atoms with Gasteiger partial charge in [-0.3, -0.25) is 10.1 Å². The first kappa shape index (κ1) is 15.1. The molecule has 0 heterocycles. The van der Waals surface area contributed by atoms with Gasteiger partial charge in [-0.15, -0.1) is 24.8 Å². The van der Waals surface area contributed by atoms with Crippen molar-refractivity contribution in [2.24, 2.45) is 0 Å². The predicted molar refractivity (Wildman–Crippen MR) is 61.0 cm³/mol. The molecule has 0 unspecified atom stereocenters. The number of benzene rings is 1. The normalized spacial score (nSPS) is 10.7. The number of alkyl halides is 4. The van der Waals surface area contributed by atoms with E-state index in [2.05, 4.69) is 10.1 Å². The Balaban J connectivity index is 2.67. The van der Waals surface area contributed by atoms with Crippen molar-refractivity contribution in [3.8, 4) is 5.75 Å². The quantitative estimate of drug-likeness (QED) is 0.842. The van der Waals surface area contributed by atoms with E-state index >= 15 is 0 Å². The number of halogens is 4. The van der Waals surface area contributed by atoms with Crippen molar-refractivity contribution >= 4 is 29.2 Å². The lowest BCUT2D eigenvalue weighted by molar-refractivity contribution is -0.274. The minimum atomic E-state index is -4.82. The third-order valence-corrected chi connectivity index (χ3v) is 1.94. The molecule has 3 amide bonds. The summed E-state index contributed by atoms with van der Waals surface area (Å²) in [6.45, 7) is 0. The number of ether oxygens (including phenoxy) is 1. The number of imide groups is 1. The SMILES string of the molecule is O=C(CCl)NC(=O)Nc1cccc(OC(F)(F)F)c1. The zero-order valence-electron chi connectivity index (χ0n) is 9.25. The van der Waals surface area contributed by atoms with Crippen LogP contribution in [0.5, 0.6) is 5.75 Å². The van der Waals surface area contributed by atoms with Gasteiger partial charge in [0.05, 0.1) is 0 Å². The van der Waals surface area contributed by atoms with Crippen LogP contribution in [-0.2, 0) is 4.79 Å². The zero-order valence-corrected chi connectivity index (χ0v) is 10.0. The summed E-state index contributed by atoms with van der Waals surface area (Å²) >= 11 is 5.16. The van der Waals surface area contributed by atoms with E-state index < -0.39 is 29.9 Å². The van der Waals surface area contributed by atoms with E-state index in [9.17, 15) is 22.8 Å². The second-order valence-corrected chi connectivity index (χ2v) is 3.48. The van der Waals surface area contributed by atoms with Gasteiger partial charge in [-0.1, -0.05) is 6.07 Å². The maximum atomic E-state index is 12.0. The highest BCUT2D eigenvalue weighted by atomic mass is 35.5. The average molecular weight is 297 g/mol. The summed E-state index contributed by atoms with van der Waals surface area (Å²) in [6.07, 6.45) is -4.82. The average Bonchev–Trinajstić information content (AvgIpc) is 2.26. The van der Waals surface area contributed by atoms with Crippen LogP contribution < -0.4 is 15.4 Å². The largest absolute Gasteiger partial charge is 0.573 e. The fourth-order valence-electron chi connectivity index (χ4n) is 1.09. The van der Waals surface area contributed by atoms with Crippen LogP contribution in [0, 0.1) is 0 Å². The fourth-order valence-corrected chi connectivity index (χ4v) is 1.16. The van der Waals surface area contributed by atoms with Crippen LogP contribution in [0.15, 0.2) is 24.3 Å². The molecule has 1 rings (SSSR count). The standard InChI is InChI=1S/C10H8ClF3N2O3/c11-5-8(17)16-9(18)15-6-2-1-3-7(4-6)19-10(12,13)14/h1-4H,5H2,(H2,15,16,17,18). The van der Waals surface area contributed by atoms with Crippen LogP contribution in [0.2, 0.25) is 0 Å². The van der Waals surface area contributed by atoms with Crippen molar-refractivity contribution in [3.05, 3.63) is 24.3 Å². The van der Waals surface area contributed by atoms with Gasteiger partial charge in [-0.25, -0.2) is 4.79 Å². The van der Waals surface area contributed by atoms with Crippen molar-refractivity contribution in [1.29, 1.82) is 0 Å². The Morgan fingerprint density at radius 3 is 2.58 bits per heavy atom. The summed E-state index contributed by atoms with van der Waals surface area (Å²) in [5, 5.41) is 4.02. The molecule has 0 spiro atoms. The van der Waals surface area contributed by atoms with Crippen molar-refractivity contribution < 1.29 is 27.5 Å². The van der Waals surface area contributed by atoms with E-state index in [1.54, 1.807) is 0 Å². The lowest BCUT2D eigenvalue weighted by atomic mass is 10.3. The van der Waals surface area contributed by atoms with Gasteiger partial charge in [-0.05, 0) is 12.1 Å². The van der Waals surface area contributed by atoms with Gasteiger partial charge in [0.25, 0.3) is 0 Å². The van der Waals surface area contributed by atoms with Gasteiger partial charge in [0.15, 0.2) is 0 Å². The van der Waals surface area contributed by atoms with Crippen molar-refractivity contribution in [3.63, 3.8) is 0 Å². The number of carbonyl (C=O) groups is 2. The Morgan fingerprint density at radius 2 is 2.00 bits per heavy atom. The summed E-state index contributed by atoms with van der Waals surface area (Å²) in [6, 6.07) is 3.70. The highest BCUT2D eigenvalue weighted by Gasteiger charge is 2.31. The van der Waals surface area contributed by atoms with Gasteiger partial charge in [0, 0.05) is 11.8 Å². The number of carbonyl (C=O) groups excluding carboxylic acids is 2. The molecule has 0 aliphatic heterocycles. The maximum Gasteiger partial charge on any atom is 0.573 e. The smallest absolute Gasteiger partial charge is 0.406 e. The molecule has 0 radical (unpaired) electrons. The molecule has 1 aromatic rings. The van der Waals surface area contributed by atoms with Gasteiger partial charge in [-0.2, -0.15) is 0 Å². The third kappa shape index (κ3) is 5.96. The first-order chi connectivity index (χ1) is 8.80. The molecule has 0 saturated heterocycles. The minimum Gasteiger partial charge on any atom is -0.406 e. The number of rotatable bonds is 3. The fraction of sp³-hybridized carbons (Fsp3) is 0.200. The number of urea groups is 1. The molecule has 0 fully saturated rings. The van der Waals surface area contributed by atoms with Crippen molar-refractivity contribution in [1.82, 2.24) is 5.32 Å². The van der Waals surface area contributed by atoms with E-state index in [0.29, 0.717) is 0 Å². The van der Waals surface area contributed by atoms with Crippen molar-refractivity contribution in [2.75, 3.05) is 11.2 Å². The number of anilines is 1. The molecule has 0 aliphatic rings. The molecular formula is C10H8ClF3N2O3. The Kier molecular flexibility index (Phi) is 4.99. The summed E-state index contributed by atoms with van der Waals surface area (Å²) in [7, 11) is 0. The summed E-state index contributed by atoms with van der Waals surface area (Å²) in [5.41, 5.74) is 0.0293. The van der Waals surface area contributed by atoms with E-state index in [1.807, 2.05) is 5.32 Å². The zero-order chi connectivity index (χ0) is 14.5. The van der Waals surface area contributed by atoms with E-state index in [0.717, 1.165) is 12.1 Å². The molecule has 0 atom stereocenters. The number of hydrogen-bond donors (Lipinski definition) is 2. The van der Waals surface area contributed by atoms with E-state index in [-0.39, 0.29) is 5.69 Å². The van der Waals surface area contributed by atoms with Crippen LogP contribution >= 0.6 is 11.6 Å². The molecule has 0 aliphatic carbocycles. The van der Waals surface area contributed by atoms with Crippen molar-refractivity contribution in [2.45, 2.75) is 6.36 Å². The molecule has 0 saturated carbocycles. The molecule has 0 aromatic heterocycles. The molecule has 104 valence electrons. The molecule has 1 aromatic carbocycles. The Morgan fingerprint density at radius 1 is 1.32 bits per heavy atom. The predicted octanol–water partition coefficient (Wildman–Crippen LogP) is 2.47. The van der Waals surface area contributed by atoms with Gasteiger partial charge in [0.1, 0.15) is 11.6 Å². The van der Waals surface area contributed by atoms with Crippen LogP contribution in [0.3, 0.4) is 0 Å². The topological polar surface area (TPSA) is 67.4 Å². The van der Waals surface area contributed by atoms with Crippen LogP contribution in [0.25, 0.3) is 0 Å². The summed E-state index contributed by atoms with van der Waals surface area (Å²) in [5.74, 6) is -1.64. The lowest BCUT2D eigenvalue weighted by Crippen LogP contribution is -2.35. The molecule has 0 bridgehead atoms. The first-order valence-electron chi connectivity index (χ1n) is 4.83. The second-order valence-electron chi connectivity index (χ2n) is 3.21. The maximum absolute atomic E-state index is 12.0. The summed E-state index contributed by atoms with van der Waals surface area (Å²) in [4.78, 5) is 22.0. The minimum absolute atomic E-state index is 0.0293. The molecular weight excluding hydrogens is 289 g/mol. The van der Waals surface area contributed by atoms with Gasteiger partial charge in [0.2, 0.25) is 5.91 Å². The number of hydrogen-bond acceptors (Lipinski definition) is 3. The van der Waals surface area contributed by atoms with Gasteiger partial charge >= 0.3 is 12.4 Å². The Labute approximate surface area is 110 Å². The van der Waals surface area contributed by atoms with Crippen LogP contribution in [0.1, 0.15) is 0 Å². The molecule has 2 N–H and O–H groups in total. The molecule has 5 nitrogen and oxygen atoms in total. The highest BCUT2D eigenvalue weighted by Crippen LogP contribution is 2.24. The third-order valence-electron chi connectivity index (χ3n) is 1.70. The summed E-state index contributed by atoms with van der Waals surface area (Å²) < 4.78 is 39.6.